The smallest absolute Gasteiger partial charge is 0.340 e. The van der Waals surface area contributed by atoms with E-state index in [4.69, 9.17) is 9.47 Å². The number of anilines is 1. The largest absolute Gasteiger partial charge is 0.496 e. The third-order valence-electron chi connectivity index (χ3n) is 3.94. The Morgan fingerprint density at radius 3 is 2.41 bits per heavy atom. The maximum atomic E-state index is 12.6. The molecule has 0 amide bonds. The zero-order valence-electron chi connectivity index (χ0n) is 15.5. The lowest BCUT2D eigenvalue weighted by Crippen LogP contribution is -2.16. The number of nitro groups is 1. The third kappa shape index (κ3) is 4.60. The zero-order valence-corrected chi connectivity index (χ0v) is 15.5. The lowest BCUT2D eigenvalue weighted by atomic mass is 10.1. The van der Waals surface area contributed by atoms with Crippen LogP contribution in [0.1, 0.15) is 33.2 Å². The summed E-state index contributed by atoms with van der Waals surface area (Å²) in [6, 6.07) is 8.84. The van der Waals surface area contributed by atoms with Gasteiger partial charge in [-0.1, -0.05) is 0 Å². The highest BCUT2D eigenvalue weighted by molar-refractivity contribution is 5.97. The van der Waals surface area contributed by atoms with E-state index in [1.807, 2.05) is 0 Å². The van der Waals surface area contributed by atoms with Gasteiger partial charge >= 0.3 is 5.97 Å². The predicted octanol–water partition coefficient (Wildman–Crippen LogP) is 3.23. The molecule has 0 aliphatic heterocycles. The van der Waals surface area contributed by atoms with Crippen molar-refractivity contribution in [2.75, 3.05) is 26.1 Å². The summed E-state index contributed by atoms with van der Waals surface area (Å²) in [7, 11) is 4.91. The molecule has 27 heavy (non-hydrogen) atoms. The maximum absolute atomic E-state index is 12.6. The number of hydrogen-bond acceptors (Lipinski definition) is 7. The molecular formula is C19H20N2O6. The summed E-state index contributed by atoms with van der Waals surface area (Å²) in [6.07, 6.45) is 0. The van der Waals surface area contributed by atoms with Crippen LogP contribution in [0.15, 0.2) is 36.4 Å². The molecule has 0 atom stereocenters. The molecule has 2 aromatic carbocycles. The van der Waals surface area contributed by atoms with Gasteiger partial charge < -0.3 is 14.4 Å². The first-order chi connectivity index (χ1) is 12.7. The average Bonchev–Trinajstić information content (AvgIpc) is 2.64. The van der Waals surface area contributed by atoms with Crippen molar-refractivity contribution in [2.24, 2.45) is 0 Å². The van der Waals surface area contributed by atoms with E-state index < -0.39 is 10.9 Å². The molecule has 2 rings (SSSR count). The molecule has 0 aromatic heterocycles. The maximum Gasteiger partial charge on any atom is 0.340 e. The minimum atomic E-state index is -0.710. The van der Waals surface area contributed by atoms with E-state index in [1.54, 1.807) is 37.2 Å². The summed E-state index contributed by atoms with van der Waals surface area (Å²) in [5.41, 5.74) is 1.36. The fourth-order valence-electron chi connectivity index (χ4n) is 2.52. The van der Waals surface area contributed by atoms with E-state index in [-0.39, 0.29) is 23.6 Å². The normalized spacial score (nSPS) is 10.2. The van der Waals surface area contributed by atoms with E-state index in [9.17, 15) is 19.7 Å². The van der Waals surface area contributed by atoms with Crippen molar-refractivity contribution in [1.29, 1.82) is 0 Å². The van der Waals surface area contributed by atoms with Gasteiger partial charge in [0, 0.05) is 37.4 Å². The molecule has 0 bridgehead atoms. The van der Waals surface area contributed by atoms with Crippen LogP contribution in [0.25, 0.3) is 0 Å². The predicted molar refractivity (Wildman–Crippen MR) is 99.5 cm³/mol. The first kappa shape index (κ1) is 19.9. The zero-order chi connectivity index (χ0) is 20.1. The lowest BCUT2D eigenvalue weighted by molar-refractivity contribution is -0.384. The minimum Gasteiger partial charge on any atom is -0.496 e. The topological polar surface area (TPSA) is 99.0 Å². The second-order valence-electron chi connectivity index (χ2n) is 6.01. The first-order valence-corrected chi connectivity index (χ1v) is 8.05. The van der Waals surface area contributed by atoms with Crippen molar-refractivity contribution in [2.45, 2.75) is 13.5 Å². The summed E-state index contributed by atoms with van der Waals surface area (Å²) in [6.45, 7) is 1.29. The second-order valence-corrected chi connectivity index (χ2v) is 6.01. The minimum absolute atomic E-state index is 0.0795. The van der Waals surface area contributed by atoms with Crippen LogP contribution in [0.5, 0.6) is 5.75 Å². The fraction of sp³-hybridized carbons (Fsp3) is 0.263. The number of nitrogens with zero attached hydrogens (tertiary/aromatic N) is 2. The Labute approximate surface area is 156 Å². The second kappa shape index (κ2) is 8.31. The van der Waals surface area contributed by atoms with Gasteiger partial charge in [-0.2, -0.15) is 0 Å². The number of esters is 1. The van der Waals surface area contributed by atoms with Crippen LogP contribution in [-0.4, -0.2) is 37.9 Å². The molecule has 142 valence electrons. The quantitative estimate of drug-likeness (QED) is 0.318. The Morgan fingerprint density at radius 2 is 1.85 bits per heavy atom. The molecule has 0 N–H and O–H groups in total. The van der Waals surface area contributed by atoms with Gasteiger partial charge in [0.15, 0.2) is 5.78 Å². The van der Waals surface area contributed by atoms with Gasteiger partial charge in [-0.05, 0) is 31.2 Å². The van der Waals surface area contributed by atoms with Crippen molar-refractivity contribution in [3.8, 4) is 5.75 Å². The summed E-state index contributed by atoms with van der Waals surface area (Å²) in [5, 5.41) is 11.0. The number of rotatable bonds is 7. The van der Waals surface area contributed by atoms with Crippen LogP contribution in [0.2, 0.25) is 0 Å². The molecular weight excluding hydrogens is 352 g/mol. The Balaban J connectivity index is 2.30. The number of Topliss-reactive ketones (excluding diaryl/α,β-unsaturated/α-hetero) is 1. The molecule has 2 aromatic rings. The fourth-order valence-corrected chi connectivity index (χ4v) is 2.52. The van der Waals surface area contributed by atoms with Crippen molar-refractivity contribution >= 4 is 23.1 Å². The van der Waals surface area contributed by atoms with Gasteiger partial charge in [-0.15, -0.1) is 0 Å². The molecule has 8 heteroatoms. The number of nitro benzene ring substituents is 1. The molecule has 0 fully saturated rings. The number of non-ortho nitro benzene ring substituents is 1. The average molecular weight is 372 g/mol. The highest BCUT2D eigenvalue weighted by Crippen LogP contribution is 2.26. The van der Waals surface area contributed by atoms with Crippen molar-refractivity contribution < 1.29 is 24.0 Å². The van der Waals surface area contributed by atoms with Gasteiger partial charge in [-0.3, -0.25) is 14.9 Å². The molecule has 8 nitrogen and oxygen atoms in total. The molecule has 0 heterocycles. The standard InChI is InChI=1S/C19H20N2O6/c1-12(22)13-5-8-18(26-4)14(9-13)11-27-19(23)16-10-15(21(24)25)6-7-17(16)20(2)3/h5-10H,11H2,1-4H3. The van der Waals surface area contributed by atoms with Gasteiger partial charge in [0.1, 0.15) is 12.4 Å². The number of ether oxygens (including phenoxy) is 2. The summed E-state index contributed by atoms with van der Waals surface area (Å²) in [4.78, 5) is 36.2. The molecule has 0 radical (unpaired) electrons. The van der Waals surface area contributed by atoms with E-state index in [1.165, 1.54) is 32.2 Å². The molecule has 0 aliphatic carbocycles. The lowest BCUT2D eigenvalue weighted by Gasteiger charge is -2.17. The molecule has 0 aliphatic rings. The van der Waals surface area contributed by atoms with Gasteiger partial charge in [-0.25, -0.2) is 4.79 Å². The number of ketones is 1. The van der Waals surface area contributed by atoms with Crippen LogP contribution in [0, 0.1) is 10.1 Å². The molecule has 0 spiro atoms. The Morgan fingerprint density at radius 1 is 1.15 bits per heavy atom. The van der Waals surface area contributed by atoms with Gasteiger partial charge in [0.25, 0.3) is 5.69 Å². The highest BCUT2D eigenvalue weighted by Gasteiger charge is 2.20. The highest BCUT2D eigenvalue weighted by atomic mass is 16.6. The molecule has 0 saturated heterocycles. The summed E-state index contributed by atoms with van der Waals surface area (Å²) in [5.74, 6) is -0.365. The van der Waals surface area contributed by atoms with E-state index in [2.05, 4.69) is 0 Å². The van der Waals surface area contributed by atoms with Gasteiger partial charge in [0.2, 0.25) is 0 Å². The molecule has 0 saturated carbocycles. The first-order valence-electron chi connectivity index (χ1n) is 8.05. The number of carbonyl (C=O) groups excluding carboxylic acids is 2. The van der Waals surface area contributed by atoms with Crippen LogP contribution in [0.3, 0.4) is 0 Å². The SMILES string of the molecule is COc1ccc(C(C)=O)cc1COC(=O)c1cc([N+](=O)[O-])ccc1N(C)C. The van der Waals surface area contributed by atoms with E-state index in [0.29, 0.717) is 22.6 Å². The number of methoxy groups -OCH3 is 1. The van der Waals surface area contributed by atoms with Crippen LogP contribution < -0.4 is 9.64 Å². The molecule has 0 unspecified atom stereocenters. The van der Waals surface area contributed by atoms with Crippen molar-refractivity contribution in [1.82, 2.24) is 0 Å². The van der Waals surface area contributed by atoms with Crippen LogP contribution in [-0.2, 0) is 11.3 Å². The number of hydrogen-bond donors (Lipinski definition) is 0. The van der Waals surface area contributed by atoms with Crippen molar-refractivity contribution in [3.63, 3.8) is 0 Å². The Hall–Kier alpha value is -3.42. The van der Waals surface area contributed by atoms with Crippen molar-refractivity contribution in [3.05, 3.63) is 63.2 Å². The van der Waals surface area contributed by atoms with Crippen LogP contribution in [0.4, 0.5) is 11.4 Å². The number of carbonyl (C=O) groups is 2. The third-order valence-corrected chi connectivity index (χ3v) is 3.94. The summed E-state index contributed by atoms with van der Waals surface area (Å²) < 4.78 is 10.6. The summed E-state index contributed by atoms with van der Waals surface area (Å²) >= 11 is 0. The Bertz CT molecular complexity index is 892. The number of benzene rings is 2. The van der Waals surface area contributed by atoms with E-state index in [0.717, 1.165) is 0 Å². The Kier molecular flexibility index (Phi) is 6.12. The van der Waals surface area contributed by atoms with Crippen LogP contribution >= 0.6 is 0 Å². The monoisotopic (exact) mass is 372 g/mol. The van der Waals surface area contributed by atoms with Gasteiger partial charge in [0.05, 0.1) is 23.3 Å². The van der Waals surface area contributed by atoms with E-state index >= 15 is 0 Å².